The van der Waals surface area contributed by atoms with Gasteiger partial charge in [0.25, 0.3) is 0 Å². The summed E-state index contributed by atoms with van der Waals surface area (Å²) in [6.45, 7) is 4.62. The fourth-order valence-corrected chi connectivity index (χ4v) is 3.86. The maximum absolute atomic E-state index is 9.37. The first-order valence-electron chi connectivity index (χ1n) is 8.33. The molecule has 0 amide bonds. The molecular weight excluding hydrogens is 364 g/mol. The highest BCUT2D eigenvalue weighted by molar-refractivity contribution is 7.19. The Morgan fingerprint density at radius 3 is 2.30 bits per heavy atom. The second-order valence-electron chi connectivity index (χ2n) is 5.69. The SMILES string of the molecule is CCNc1nc(-c2cc(OC)c(OC)c(OC)c2)nc2sc(C#N)c(C)c12. The third kappa shape index (κ3) is 3.22. The Bertz CT molecular complexity index is 1010. The molecule has 0 atom stereocenters. The third-order valence-corrected chi connectivity index (χ3v) is 5.25. The molecule has 27 heavy (non-hydrogen) atoms. The van der Waals surface area contributed by atoms with Gasteiger partial charge in [-0.25, -0.2) is 9.97 Å². The van der Waals surface area contributed by atoms with Crippen molar-refractivity contribution >= 4 is 27.4 Å². The van der Waals surface area contributed by atoms with Crippen LogP contribution in [0.15, 0.2) is 12.1 Å². The number of aromatic nitrogens is 2. The van der Waals surface area contributed by atoms with Crippen LogP contribution in [0.4, 0.5) is 5.82 Å². The largest absolute Gasteiger partial charge is 0.493 e. The molecule has 0 saturated heterocycles. The number of hydrogen-bond donors (Lipinski definition) is 1. The molecule has 8 heteroatoms. The van der Waals surface area contributed by atoms with Crippen molar-refractivity contribution < 1.29 is 14.2 Å². The van der Waals surface area contributed by atoms with Crippen LogP contribution in [0, 0.1) is 18.3 Å². The minimum absolute atomic E-state index is 0.510. The van der Waals surface area contributed by atoms with Gasteiger partial charge in [-0.15, -0.1) is 11.3 Å². The molecule has 2 heterocycles. The lowest BCUT2D eigenvalue weighted by molar-refractivity contribution is 0.324. The molecule has 0 aliphatic carbocycles. The van der Waals surface area contributed by atoms with Gasteiger partial charge in [-0.1, -0.05) is 0 Å². The average Bonchev–Trinajstić information content (AvgIpc) is 3.02. The fourth-order valence-electron chi connectivity index (χ4n) is 2.88. The minimum atomic E-state index is 0.510. The Morgan fingerprint density at radius 1 is 1.11 bits per heavy atom. The number of anilines is 1. The number of aryl methyl sites for hydroxylation is 1. The number of methoxy groups -OCH3 is 3. The maximum Gasteiger partial charge on any atom is 0.203 e. The smallest absolute Gasteiger partial charge is 0.203 e. The Labute approximate surface area is 161 Å². The quantitative estimate of drug-likeness (QED) is 0.687. The van der Waals surface area contributed by atoms with Crippen LogP contribution in [0.5, 0.6) is 17.2 Å². The topological polar surface area (TPSA) is 89.3 Å². The van der Waals surface area contributed by atoms with Crippen molar-refractivity contribution in [2.45, 2.75) is 13.8 Å². The van der Waals surface area contributed by atoms with E-state index < -0.39 is 0 Å². The van der Waals surface area contributed by atoms with Gasteiger partial charge in [-0.3, -0.25) is 0 Å². The van der Waals surface area contributed by atoms with Crippen LogP contribution in [0.3, 0.4) is 0 Å². The van der Waals surface area contributed by atoms with Gasteiger partial charge in [0.05, 0.1) is 26.7 Å². The zero-order valence-corrected chi connectivity index (χ0v) is 16.7. The van der Waals surface area contributed by atoms with Gasteiger partial charge in [0.2, 0.25) is 5.75 Å². The predicted octanol–water partition coefficient (Wildman–Crippen LogP) is 4.00. The van der Waals surface area contributed by atoms with Crippen LogP contribution in [0.2, 0.25) is 0 Å². The summed E-state index contributed by atoms with van der Waals surface area (Å²) in [7, 11) is 4.69. The van der Waals surface area contributed by atoms with E-state index in [9.17, 15) is 5.26 Å². The Kier molecular flexibility index (Phi) is 5.33. The van der Waals surface area contributed by atoms with E-state index in [0.29, 0.717) is 40.3 Å². The minimum Gasteiger partial charge on any atom is -0.493 e. The molecule has 1 N–H and O–H groups in total. The van der Waals surface area contributed by atoms with E-state index in [1.807, 2.05) is 26.0 Å². The molecule has 0 spiro atoms. The number of benzene rings is 1. The number of nitrogens with zero attached hydrogens (tertiary/aromatic N) is 3. The van der Waals surface area contributed by atoms with Crippen LogP contribution in [-0.2, 0) is 0 Å². The van der Waals surface area contributed by atoms with Gasteiger partial charge in [0, 0.05) is 12.1 Å². The molecule has 0 unspecified atom stereocenters. The monoisotopic (exact) mass is 384 g/mol. The summed E-state index contributed by atoms with van der Waals surface area (Å²) in [6, 6.07) is 5.85. The highest BCUT2D eigenvalue weighted by Gasteiger charge is 2.19. The summed E-state index contributed by atoms with van der Waals surface area (Å²) in [5, 5.41) is 13.5. The molecule has 0 fully saturated rings. The van der Waals surface area contributed by atoms with Gasteiger partial charge >= 0.3 is 0 Å². The first kappa shape index (κ1) is 18.7. The summed E-state index contributed by atoms with van der Waals surface area (Å²) in [6.07, 6.45) is 0. The first-order chi connectivity index (χ1) is 13.1. The molecule has 0 saturated carbocycles. The van der Waals surface area contributed by atoms with Crippen LogP contribution in [-0.4, -0.2) is 37.8 Å². The molecule has 140 valence electrons. The van der Waals surface area contributed by atoms with Crippen LogP contribution >= 0.6 is 11.3 Å². The van der Waals surface area contributed by atoms with Crippen molar-refractivity contribution in [2.24, 2.45) is 0 Å². The van der Waals surface area contributed by atoms with Crippen LogP contribution < -0.4 is 19.5 Å². The summed E-state index contributed by atoms with van der Waals surface area (Å²) in [4.78, 5) is 10.8. The lowest BCUT2D eigenvalue weighted by Crippen LogP contribution is -2.03. The van der Waals surface area contributed by atoms with Crippen molar-refractivity contribution in [1.82, 2.24) is 9.97 Å². The van der Waals surface area contributed by atoms with Crippen molar-refractivity contribution in [3.63, 3.8) is 0 Å². The maximum atomic E-state index is 9.37. The van der Waals surface area contributed by atoms with E-state index in [1.54, 1.807) is 21.3 Å². The molecule has 3 rings (SSSR count). The highest BCUT2D eigenvalue weighted by Crippen LogP contribution is 2.42. The molecule has 0 bridgehead atoms. The molecule has 0 aliphatic heterocycles. The lowest BCUT2D eigenvalue weighted by atomic mass is 10.1. The van der Waals surface area contributed by atoms with E-state index in [4.69, 9.17) is 19.2 Å². The molecule has 0 radical (unpaired) electrons. The number of ether oxygens (including phenoxy) is 3. The predicted molar refractivity (Wildman–Crippen MR) is 106 cm³/mol. The van der Waals surface area contributed by atoms with E-state index >= 15 is 0 Å². The van der Waals surface area contributed by atoms with Gasteiger partial charge in [-0.05, 0) is 31.5 Å². The first-order valence-corrected chi connectivity index (χ1v) is 9.15. The van der Waals surface area contributed by atoms with Gasteiger partial charge in [0.1, 0.15) is 21.6 Å². The highest BCUT2D eigenvalue weighted by atomic mass is 32.1. The Hall–Kier alpha value is -3.05. The molecular formula is C19H20N4O3S. The molecule has 0 aliphatic rings. The average molecular weight is 384 g/mol. The van der Waals surface area contributed by atoms with Gasteiger partial charge < -0.3 is 19.5 Å². The van der Waals surface area contributed by atoms with Crippen molar-refractivity contribution in [3.05, 3.63) is 22.6 Å². The summed E-state index contributed by atoms with van der Waals surface area (Å²) in [5.74, 6) is 2.79. The second-order valence-corrected chi connectivity index (χ2v) is 6.69. The van der Waals surface area contributed by atoms with Crippen molar-refractivity contribution in [1.29, 1.82) is 5.26 Å². The van der Waals surface area contributed by atoms with E-state index in [2.05, 4.69) is 16.4 Å². The number of nitrogens with one attached hydrogen (secondary N) is 1. The summed E-state index contributed by atoms with van der Waals surface area (Å²) >= 11 is 1.36. The molecule has 1 aromatic carbocycles. The van der Waals surface area contributed by atoms with Crippen LogP contribution in [0.25, 0.3) is 21.6 Å². The normalized spacial score (nSPS) is 10.5. The fraction of sp³-hybridized carbons (Fsp3) is 0.316. The van der Waals surface area contributed by atoms with E-state index in [0.717, 1.165) is 21.3 Å². The number of rotatable bonds is 6. The third-order valence-electron chi connectivity index (χ3n) is 4.16. The standard InChI is InChI=1S/C19H20N4O3S/c1-6-21-18-15-10(2)14(9-20)27-19(15)23-17(22-18)11-7-12(24-3)16(26-5)13(8-11)25-4/h7-8H,6H2,1-5H3,(H,21,22,23). The zero-order valence-electron chi connectivity index (χ0n) is 15.8. The van der Waals surface area contributed by atoms with Gasteiger partial charge in [0.15, 0.2) is 17.3 Å². The van der Waals surface area contributed by atoms with E-state index in [-0.39, 0.29) is 0 Å². The summed E-state index contributed by atoms with van der Waals surface area (Å²) in [5.41, 5.74) is 1.63. The lowest BCUT2D eigenvalue weighted by Gasteiger charge is -2.14. The van der Waals surface area contributed by atoms with Crippen LogP contribution in [0.1, 0.15) is 17.4 Å². The zero-order chi connectivity index (χ0) is 19.6. The second kappa shape index (κ2) is 7.68. The Balaban J connectivity index is 2.27. The van der Waals surface area contributed by atoms with Crippen molar-refractivity contribution in [3.8, 4) is 34.7 Å². The molecule has 7 nitrogen and oxygen atoms in total. The molecule has 2 aromatic heterocycles. The number of nitriles is 1. The van der Waals surface area contributed by atoms with Gasteiger partial charge in [-0.2, -0.15) is 5.26 Å². The van der Waals surface area contributed by atoms with E-state index in [1.165, 1.54) is 11.3 Å². The molecule has 3 aromatic rings. The van der Waals surface area contributed by atoms with Crippen molar-refractivity contribution in [2.75, 3.05) is 33.2 Å². The number of thiophene rings is 1. The number of hydrogen-bond acceptors (Lipinski definition) is 8. The Morgan fingerprint density at radius 2 is 1.78 bits per heavy atom. The number of fused-ring (bicyclic) bond motifs is 1. The summed E-state index contributed by atoms with van der Waals surface area (Å²) < 4.78 is 16.2.